The highest BCUT2D eigenvalue weighted by atomic mass is 79.9. The molecule has 1 aromatic carbocycles. The highest BCUT2D eigenvalue weighted by molar-refractivity contribution is 9.10. The van der Waals surface area contributed by atoms with Crippen LogP contribution >= 0.6 is 15.9 Å². The maximum Gasteiger partial charge on any atom is 0.103 e. The minimum atomic E-state index is -0.696. The largest absolute Gasteiger partial charge is 0.386 e. The number of rotatable bonds is 4. The Morgan fingerprint density at radius 3 is 2.94 bits per heavy atom. The fourth-order valence-corrected chi connectivity index (χ4v) is 2.38. The fraction of sp³-hybridized carbons (Fsp3) is 0.571. The molecule has 0 radical (unpaired) electrons. The summed E-state index contributed by atoms with van der Waals surface area (Å²) in [7, 11) is 0. The summed E-state index contributed by atoms with van der Waals surface area (Å²) in [4.78, 5) is 0. The molecule has 1 aliphatic rings. The third kappa shape index (κ3) is 3.32. The number of aliphatic hydroxyl groups is 1. The average molecular weight is 314 g/mol. The number of nitrogens with one attached hydrogen (secondary N) is 1. The van der Waals surface area contributed by atoms with Gasteiger partial charge in [-0.25, -0.2) is 0 Å². The Kier molecular flexibility index (Phi) is 4.43. The standard InChI is InChI=1S/C14H20BrNO2/c1-10-7-12(3-4-13(10)15)11(2)16-8-14(17)5-6-18-9-14/h3-4,7,11,16-17H,5-6,8-9H2,1-2H3/t11-,14-/m0/s1. The van der Waals surface area contributed by atoms with E-state index in [-0.39, 0.29) is 6.04 Å². The van der Waals surface area contributed by atoms with Gasteiger partial charge in [0, 0.05) is 30.1 Å². The Balaban J connectivity index is 1.94. The van der Waals surface area contributed by atoms with Crippen LogP contribution in [0.1, 0.15) is 30.5 Å². The van der Waals surface area contributed by atoms with Gasteiger partial charge in [-0.15, -0.1) is 0 Å². The van der Waals surface area contributed by atoms with E-state index < -0.39 is 5.60 Å². The molecular formula is C14H20BrNO2. The lowest BCUT2D eigenvalue weighted by atomic mass is 10.0. The second-order valence-electron chi connectivity index (χ2n) is 5.14. The molecule has 0 unspecified atom stereocenters. The van der Waals surface area contributed by atoms with Crippen LogP contribution in [0.25, 0.3) is 0 Å². The van der Waals surface area contributed by atoms with Gasteiger partial charge in [-0.1, -0.05) is 28.1 Å². The van der Waals surface area contributed by atoms with Gasteiger partial charge in [0.1, 0.15) is 5.60 Å². The Morgan fingerprint density at radius 2 is 2.33 bits per heavy atom. The van der Waals surface area contributed by atoms with Gasteiger partial charge in [0.25, 0.3) is 0 Å². The molecule has 0 aromatic heterocycles. The van der Waals surface area contributed by atoms with Gasteiger partial charge in [-0.05, 0) is 31.0 Å². The number of hydrogen-bond acceptors (Lipinski definition) is 3. The number of ether oxygens (including phenoxy) is 1. The molecule has 1 saturated heterocycles. The topological polar surface area (TPSA) is 41.5 Å². The van der Waals surface area contributed by atoms with Crippen molar-refractivity contribution in [1.82, 2.24) is 5.32 Å². The molecule has 0 aliphatic carbocycles. The number of halogens is 1. The van der Waals surface area contributed by atoms with Crippen LogP contribution in [0.15, 0.2) is 22.7 Å². The van der Waals surface area contributed by atoms with Crippen LogP contribution in [0.2, 0.25) is 0 Å². The van der Waals surface area contributed by atoms with E-state index in [4.69, 9.17) is 4.74 Å². The van der Waals surface area contributed by atoms with Crippen molar-refractivity contribution in [2.45, 2.75) is 31.9 Å². The van der Waals surface area contributed by atoms with Crippen LogP contribution in [0.4, 0.5) is 0 Å². The summed E-state index contributed by atoms with van der Waals surface area (Å²) in [6.07, 6.45) is 0.714. The van der Waals surface area contributed by atoms with E-state index in [1.165, 1.54) is 11.1 Å². The first-order valence-electron chi connectivity index (χ1n) is 6.30. The molecule has 3 nitrogen and oxygen atoms in total. The zero-order valence-electron chi connectivity index (χ0n) is 10.9. The summed E-state index contributed by atoms with van der Waals surface area (Å²) in [6, 6.07) is 6.55. The molecule has 1 aliphatic heterocycles. The molecule has 1 heterocycles. The Hall–Kier alpha value is -0.420. The minimum absolute atomic E-state index is 0.224. The minimum Gasteiger partial charge on any atom is -0.386 e. The third-order valence-corrected chi connectivity index (χ3v) is 4.39. The first-order chi connectivity index (χ1) is 8.50. The van der Waals surface area contributed by atoms with Crippen LogP contribution in [-0.2, 0) is 4.74 Å². The van der Waals surface area contributed by atoms with Gasteiger partial charge in [-0.2, -0.15) is 0 Å². The first-order valence-corrected chi connectivity index (χ1v) is 7.09. The van der Waals surface area contributed by atoms with Crippen LogP contribution in [0.3, 0.4) is 0 Å². The Bertz CT molecular complexity index is 416. The van der Waals surface area contributed by atoms with Crippen LogP contribution in [0, 0.1) is 6.92 Å². The number of benzene rings is 1. The molecular weight excluding hydrogens is 294 g/mol. The monoisotopic (exact) mass is 313 g/mol. The van der Waals surface area contributed by atoms with Crippen molar-refractivity contribution in [3.05, 3.63) is 33.8 Å². The molecule has 2 N–H and O–H groups in total. The van der Waals surface area contributed by atoms with E-state index in [1.807, 2.05) is 0 Å². The van der Waals surface area contributed by atoms with Crippen LogP contribution in [-0.4, -0.2) is 30.5 Å². The molecule has 2 rings (SSSR count). The summed E-state index contributed by atoms with van der Waals surface area (Å²) in [5.74, 6) is 0. The molecule has 18 heavy (non-hydrogen) atoms. The lowest BCUT2D eigenvalue weighted by Gasteiger charge is -2.24. The van der Waals surface area contributed by atoms with Crippen LogP contribution in [0.5, 0.6) is 0 Å². The number of aryl methyl sites for hydroxylation is 1. The smallest absolute Gasteiger partial charge is 0.103 e. The summed E-state index contributed by atoms with van der Waals surface area (Å²) >= 11 is 3.50. The van der Waals surface area contributed by atoms with Crippen molar-refractivity contribution in [3.8, 4) is 0 Å². The van der Waals surface area contributed by atoms with E-state index in [2.05, 4.69) is 53.3 Å². The van der Waals surface area contributed by atoms with Gasteiger partial charge in [-0.3, -0.25) is 0 Å². The molecule has 0 bridgehead atoms. The summed E-state index contributed by atoms with van der Waals surface area (Å²) in [5.41, 5.74) is 1.76. The maximum absolute atomic E-state index is 10.2. The number of hydrogen-bond donors (Lipinski definition) is 2. The Labute approximate surface area is 117 Å². The molecule has 100 valence electrons. The SMILES string of the molecule is Cc1cc([C@H](C)NC[C@@]2(O)CCOC2)ccc1Br. The Morgan fingerprint density at radius 1 is 1.56 bits per heavy atom. The highest BCUT2D eigenvalue weighted by Gasteiger charge is 2.32. The van der Waals surface area contributed by atoms with Crippen molar-refractivity contribution < 1.29 is 9.84 Å². The zero-order valence-corrected chi connectivity index (χ0v) is 12.5. The quantitative estimate of drug-likeness (QED) is 0.897. The molecule has 0 spiro atoms. The molecule has 1 fully saturated rings. The zero-order chi connectivity index (χ0) is 13.2. The van der Waals surface area contributed by atoms with E-state index >= 15 is 0 Å². The molecule has 4 heteroatoms. The third-order valence-electron chi connectivity index (χ3n) is 3.50. The molecule has 1 aromatic rings. The van der Waals surface area contributed by atoms with Gasteiger partial charge in [0.05, 0.1) is 6.61 Å². The fourth-order valence-electron chi connectivity index (χ4n) is 2.13. The lowest BCUT2D eigenvalue weighted by Crippen LogP contribution is -2.41. The van der Waals surface area contributed by atoms with Crippen molar-refractivity contribution >= 4 is 15.9 Å². The normalized spacial score (nSPS) is 25.3. The molecule has 0 saturated carbocycles. The summed E-state index contributed by atoms with van der Waals surface area (Å²) in [5, 5.41) is 13.6. The first kappa shape index (κ1) is 14.0. The van der Waals surface area contributed by atoms with E-state index in [0.717, 1.165) is 4.47 Å². The predicted octanol–water partition coefficient (Wildman–Crippen LogP) is 2.56. The van der Waals surface area contributed by atoms with Crippen molar-refractivity contribution in [1.29, 1.82) is 0 Å². The van der Waals surface area contributed by atoms with Gasteiger partial charge in [0.15, 0.2) is 0 Å². The van der Waals surface area contributed by atoms with Gasteiger partial charge >= 0.3 is 0 Å². The van der Waals surface area contributed by atoms with Crippen LogP contribution < -0.4 is 5.32 Å². The van der Waals surface area contributed by atoms with Crippen molar-refractivity contribution in [2.24, 2.45) is 0 Å². The molecule has 0 amide bonds. The summed E-state index contributed by atoms with van der Waals surface area (Å²) < 4.78 is 6.36. The molecule has 2 atom stereocenters. The van der Waals surface area contributed by atoms with Crippen molar-refractivity contribution in [2.75, 3.05) is 19.8 Å². The summed E-state index contributed by atoms with van der Waals surface area (Å²) in [6.45, 7) is 5.86. The lowest BCUT2D eigenvalue weighted by molar-refractivity contribution is 0.0252. The van der Waals surface area contributed by atoms with Gasteiger partial charge in [0.2, 0.25) is 0 Å². The van der Waals surface area contributed by atoms with Gasteiger partial charge < -0.3 is 15.2 Å². The highest BCUT2D eigenvalue weighted by Crippen LogP contribution is 2.22. The average Bonchev–Trinajstić information content (AvgIpc) is 2.77. The second kappa shape index (κ2) is 5.70. The second-order valence-corrected chi connectivity index (χ2v) is 5.99. The van der Waals surface area contributed by atoms with Crippen molar-refractivity contribution in [3.63, 3.8) is 0 Å². The maximum atomic E-state index is 10.2. The van der Waals surface area contributed by atoms with E-state index in [9.17, 15) is 5.11 Å². The predicted molar refractivity (Wildman–Crippen MR) is 75.7 cm³/mol. The van der Waals surface area contributed by atoms with E-state index in [0.29, 0.717) is 26.2 Å². The van der Waals surface area contributed by atoms with E-state index in [1.54, 1.807) is 0 Å².